The summed E-state index contributed by atoms with van der Waals surface area (Å²) in [7, 11) is 0. The summed E-state index contributed by atoms with van der Waals surface area (Å²) in [5, 5.41) is 3.50. The Morgan fingerprint density at radius 1 is 1.26 bits per heavy atom. The van der Waals surface area contributed by atoms with Gasteiger partial charge in [-0.3, -0.25) is 4.57 Å². The van der Waals surface area contributed by atoms with Crippen molar-refractivity contribution < 1.29 is 14.2 Å². The maximum Gasteiger partial charge on any atom is 0.167 e. The van der Waals surface area contributed by atoms with Crippen LogP contribution in [0, 0.1) is 5.92 Å². The Kier molecular flexibility index (Phi) is 3.74. The normalized spacial score (nSPS) is 36.6. The molecule has 0 bridgehead atoms. The van der Waals surface area contributed by atoms with Gasteiger partial charge in [0.1, 0.15) is 29.7 Å². The first-order valence-corrected chi connectivity index (χ1v) is 9.62. The summed E-state index contributed by atoms with van der Waals surface area (Å²) in [6.45, 7) is 8.01. The van der Waals surface area contributed by atoms with Crippen LogP contribution in [0.2, 0.25) is 0 Å². The molecule has 0 amide bonds. The molecule has 27 heavy (non-hydrogen) atoms. The molecule has 5 rings (SSSR count). The number of nitrogens with zero attached hydrogens (tertiary/aromatic N) is 4. The second-order valence-electron chi connectivity index (χ2n) is 8.17. The smallest absolute Gasteiger partial charge is 0.167 e. The summed E-state index contributed by atoms with van der Waals surface area (Å²) >= 11 is 0. The van der Waals surface area contributed by atoms with Crippen LogP contribution in [-0.2, 0) is 14.2 Å². The van der Waals surface area contributed by atoms with Crippen LogP contribution in [0.4, 0.5) is 5.82 Å². The monoisotopic (exact) mass is 374 g/mol. The topological polar surface area (TPSA) is 109 Å². The van der Waals surface area contributed by atoms with Gasteiger partial charge in [-0.25, -0.2) is 15.0 Å². The minimum atomic E-state index is -0.640. The fraction of sp³-hybridized carbons (Fsp3) is 0.722. The van der Waals surface area contributed by atoms with Gasteiger partial charge < -0.3 is 25.3 Å². The zero-order valence-electron chi connectivity index (χ0n) is 15.9. The number of anilines is 1. The first kappa shape index (κ1) is 17.3. The van der Waals surface area contributed by atoms with E-state index in [9.17, 15) is 0 Å². The van der Waals surface area contributed by atoms with E-state index in [4.69, 9.17) is 19.9 Å². The zero-order valence-corrected chi connectivity index (χ0v) is 15.9. The lowest BCUT2D eigenvalue weighted by molar-refractivity contribution is -0.203. The van der Waals surface area contributed by atoms with Crippen LogP contribution in [0.1, 0.15) is 39.8 Å². The predicted molar refractivity (Wildman–Crippen MR) is 97.7 cm³/mol. The van der Waals surface area contributed by atoms with E-state index in [1.807, 2.05) is 18.4 Å². The number of imidazole rings is 1. The number of hydrogen-bond donors (Lipinski definition) is 2. The molecule has 3 aliphatic rings. The van der Waals surface area contributed by atoms with E-state index >= 15 is 0 Å². The van der Waals surface area contributed by atoms with E-state index < -0.39 is 5.79 Å². The average Bonchev–Trinajstić information content (AvgIpc) is 2.90. The molecule has 146 valence electrons. The fourth-order valence-corrected chi connectivity index (χ4v) is 4.52. The Labute approximate surface area is 157 Å². The standard InChI is InChI=1S/C18H26N6O3/c1-4-5-20-7-10-6-18(10)13-12(25-17(2,3)26-13)16(27-18)24-9-23-11-14(19)21-8-22-15(11)24/h8-10,12-13,16,20H,4-7H2,1-3H3,(H2,19,21,22)/t10-,12-,13?,16+,18+/m0/s1. The van der Waals surface area contributed by atoms with Crippen LogP contribution in [0.5, 0.6) is 0 Å². The molecule has 0 radical (unpaired) electrons. The van der Waals surface area contributed by atoms with Crippen LogP contribution < -0.4 is 11.1 Å². The summed E-state index contributed by atoms with van der Waals surface area (Å²) in [5.74, 6) is 0.132. The molecule has 5 atom stereocenters. The molecule has 1 saturated carbocycles. The first-order valence-electron chi connectivity index (χ1n) is 9.62. The van der Waals surface area contributed by atoms with Crippen molar-refractivity contribution >= 4 is 17.0 Å². The highest BCUT2D eigenvalue weighted by Crippen LogP contribution is 2.62. The zero-order chi connectivity index (χ0) is 18.8. The Morgan fingerprint density at radius 3 is 2.93 bits per heavy atom. The van der Waals surface area contributed by atoms with Gasteiger partial charge in [0.05, 0.1) is 6.33 Å². The number of ether oxygens (including phenoxy) is 3. The third-order valence-corrected chi connectivity index (χ3v) is 5.81. The fourth-order valence-electron chi connectivity index (χ4n) is 4.52. The molecule has 3 N–H and O–H groups in total. The van der Waals surface area contributed by atoms with Crippen molar-refractivity contribution in [1.29, 1.82) is 0 Å². The average molecular weight is 374 g/mol. The summed E-state index contributed by atoms with van der Waals surface area (Å²) in [5.41, 5.74) is 6.85. The molecule has 1 aliphatic carbocycles. The second kappa shape index (κ2) is 5.84. The van der Waals surface area contributed by atoms with Crippen molar-refractivity contribution in [1.82, 2.24) is 24.8 Å². The van der Waals surface area contributed by atoms with Crippen molar-refractivity contribution in [3.63, 3.8) is 0 Å². The highest BCUT2D eigenvalue weighted by molar-refractivity contribution is 5.81. The Balaban J connectivity index is 1.48. The van der Waals surface area contributed by atoms with Crippen molar-refractivity contribution in [3.8, 4) is 0 Å². The third-order valence-electron chi connectivity index (χ3n) is 5.81. The van der Waals surface area contributed by atoms with Crippen LogP contribution >= 0.6 is 0 Å². The van der Waals surface area contributed by atoms with Crippen LogP contribution in [0.15, 0.2) is 12.7 Å². The maximum absolute atomic E-state index is 6.59. The van der Waals surface area contributed by atoms with Gasteiger partial charge in [-0.15, -0.1) is 0 Å². The SMILES string of the molecule is CCCNC[C@@H]1C[C@@]12O[C@@H](n1cnc3c(N)ncnc31)[C@H]1OC(C)(C)OC12. The Hall–Kier alpha value is -1.81. The van der Waals surface area contributed by atoms with Crippen LogP contribution in [0.3, 0.4) is 0 Å². The number of aromatic nitrogens is 4. The number of nitrogens with two attached hydrogens (primary N) is 1. The lowest BCUT2D eigenvalue weighted by Gasteiger charge is -2.25. The lowest BCUT2D eigenvalue weighted by atomic mass is 10.1. The van der Waals surface area contributed by atoms with E-state index in [1.165, 1.54) is 6.33 Å². The third kappa shape index (κ3) is 2.56. The van der Waals surface area contributed by atoms with Gasteiger partial charge in [-0.05, 0) is 33.2 Å². The van der Waals surface area contributed by atoms with Crippen molar-refractivity contribution in [3.05, 3.63) is 12.7 Å². The molecular weight excluding hydrogens is 348 g/mol. The molecule has 1 spiro atoms. The first-order chi connectivity index (χ1) is 13.0. The molecule has 2 aromatic heterocycles. The van der Waals surface area contributed by atoms with Gasteiger partial charge in [-0.1, -0.05) is 6.92 Å². The Morgan fingerprint density at radius 2 is 2.11 bits per heavy atom. The molecule has 3 fully saturated rings. The van der Waals surface area contributed by atoms with Crippen molar-refractivity contribution in [2.45, 2.75) is 63.4 Å². The summed E-state index contributed by atoms with van der Waals surface area (Å²) in [6.07, 6.45) is 4.55. The molecule has 2 saturated heterocycles. The molecular formula is C18H26N6O3. The maximum atomic E-state index is 6.59. The number of hydrogen-bond acceptors (Lipinski definition) is 8. The van der Waals surface area contributed by atoms with Gasteiger partial charge >= 0.3 is 0 Å². The second-order valence-corrected chi connectivity index (χ2v) is 8.17. The predicted octanol–water partition coefficient (Wildman–Crippen LogP) is 1.22. The summed E-state index contributed by atoms with van der Waals surface area (Å²) in [4.78, 5) is 12.8. The van der Waals surface area contributed by atoms with Gasteiger partial charge in [0, 0.05) is 12.5 Å². The minimum absolute atomic E-state index is 0.109. The minimum Gasteiger partial charge on any atom is -0.382 e. The van der Waals surface area contributed by atoms with Crippen LogP contribution in [0.25, 0.3) is 11.2 Å². The molecule has 9 nitrogen and oxygen atoms in total. The number of nitrogens with one attached hydrogen (secondary N) is 1. The highest BCUT2D eigenvalue weighted by atomic mass is 16.8. The largest absolute Gasteiger partial charge is 0.382 e. The van der Waals surface area contributed by atoms with Crippen LogP contribution in [-0.4, -0.2) is 56.2 Å². The number of fused-ring (bicyclic) bond motifs is 3. The quantitative estimate of drug-likeness (QED) is 0.752. The summed E-state index contributed by atoms with van der Waals surface area (Å²) in [6, 6.07) is 0. The van der Waals surface area contributed by atoms with E-state index in [0.717, 1.165) is 25.9 Å². The molecule has 9 heteroatoms. The van der Waals surface area contributed by atoms with Gasteiger partial charge in [0.25, 0.3) is 0 Å². The van der Waals surface area contributed by atoms with Gasteiger partial charge in [-0.2, -0.15) is 0 Å². The van der Waals surface area contributed by atoms with E-state index in [0.29, 0.717) is 22.9 Å². The lowest BCUT2D eigenvalue weighted by Crippen LogP contribution is -2.35. The molecule has 2 aromatic rings. The molecule has 2 aliphatic heterocycles. The highest BCUT2D eigenvalue weighted by Gasteiger charge is 2.73. The number of nitrogen functional groups attached to an aromatic ring is 1. The Bertz CT molecular complexity index is 870. The summed E-state index contributed by atoms with van der Waals surface area (Å²) < 4.78 is 21.0. The van der Waals surface area contributed by atoms with Crippen molar-refractivity contribution in [2.24, 2.45) is 5.92 Å². The van der Waals surface area contributed by atoms with E-state index in [-0.39, 0.29) is 24.0 Å². The van der Waals surface area contributed by atoms with Gasteiger partial charge in [0.2, 0.25) is 0 Å². The van der Waals surface area contributed by atoms with E-state index in [1.54, 1.807) is 6.33 Å². The van der Waals surface area contributed by atoms with Gasteiger partial charge in [0.15, 0.2) is 23.5 Å². The molecule has 1 unspecified atom stereocenters. The van der Waals surface area contributed by atoms with Crippen molar-refractivity contribution in [2.75, 3.05) is 18.8 Å². The van der Waals surface area contributed by atoms with E-state index in [2.05, 4.69) is 27.2 Å². The molecule has 4 heterocycles. The molecule has 0 aromatic carbocycles. The number of rotatable bonds is 5.